The van der Waals surface area contributed by atoms with Crippen LogP contribution < -0.4 is 4.74 Å². The fraction of sp³-hybridized carbons (Fsp3) is 0.368. The lowest BCUT2D eigenvalue weighted by Gasteiger charge is -2.21. The third-order valence-corrected chi connectivity index (χ3v) is 5.56. The van der Waals surface area contributed by atoms with E-state index in [-0.39, 0.29) is 0 Å². The zero-order chi connectivity index (χ0) is 17.2. The first kappa shape index (κ1) is 16.3. The molecule has 0 radical (unpaired) electrons. The van der Waals surface area contributed by atoms with Gasteiger partial charge in [0.15, 0.2) is 0 Å². The number of aryl methyl sites for hydroxylation is 1. The molecule has 0 bridgehead atoms. The molecule has 1 fully saturated rings. The number of thiazole rings is 1. The summed E-state index contributed by atoms with van der Waals surface area (Å²) in [4.78, 5) is 11.7. The van der Waals surface area contributed by atoms with Crippen molar-refractivity contribution in [2.75, 3.05) is 13.7 Å². The number of ether oxygens (including phenoxy) is 1. The van der Waals surface area contributed by atoms with Gasteiger partial charge in [0, 0.05) is 23.7 Å². The summed E-state index contributed by atoms with van der Waals surface area (Å²) in [6, 6.07) is 8.20. The van der Waals surface area contributed by atoms with Gasteiger partial charge in [-0.05, 0) is 50.6 Å². The molecule has 5 nitrogen and oxygen atoms in total. The van der Waals surface area contributed by atoms with E-state index in [2.05, 4.69) is 15.3 Å². The molecule has 1 aliphatic rings. The topological polar surface area (TPSA) is 51.4 Å². The Kier molecular flexibility index (Phi) is 4.55. The van der Waals surface area contributed by atoms with Crippen LogP contribution in [0.4, 0.5) is 0 Å². The minimum Gasteiger partial charge on any atom is -0.497 e. The molecule has 0 unspecified atom stereocenters. The SMILES string of the molecule is COc1ccc(-c2nc(CN3CCC[C@H]3c3nccs3)c(C)o2)cc1. The number of nitrogens with zero attached hydrogens (tertiary/aromatic N) is 3. The predicted octanol–water partition coefficient (Wildman–Crippen LogP) is 4.45. The van der Waals surface area contributed by atoms with Crippen LogP contribution in [0.2, 0.25) is 0 Å². The van der Waals surface area contributed by atoms with E-state index in [4.69, 9.17) is 14.1 Å². The molecule has 1 aliphatic heterocycles. The summed E-state index contributed by atoms with van der Waals surface area (Å²) in [5.41, 5.74) is 1.97. The molecule has 0 aliphatic carbocycles. The highest BCUT2D eigenvalue weighted by Crippen LogP contribution is 2.35. The lowest BCUT2D eigenvalue weighted by Crippen LogP contribution is -2.23. The predicted molar refractivity (Wildman–Crippen MR) is 97.7 cm³/mol. The molecular formula is C19H21N3O2S. The summed E-state index contributed by atoms with van der Waals surface area (Å²) < 4.78 is 11.1. The van der Waals surface area contributed by atoms with Crippen LogP contribution >= 0.6 is 11.3 Å². The van der Waals surface area contributed by atoms with Crippen molar-refractivity contribution in [3.05, 3.63) is 52.3 Å². The molecule has 130 valence electrons. The maximum absolute atomic E-state index is 5.92. The second kappa shape index (κ2) is 6.98. The second-order valence-corrected chi connectivity index (χ2v) is 7.18. The van der Waals surface area contributed by atoms with Gasteiger partial charge in [-0.1, -0.05) is 0 Å². The number of hydrogen-bond acceptors (Lipinski definition) is 6. The molecule has 3 heterocycles. The quantitative estimate of drug-likeness (QED) is 0.677. The fourth-order valence-electron chi connectivity index (χ4n) is 3.32. The van der Waals surface area contributed by atoms with E-state index in [9.17, 15) is 0 Å². The molecule has 4 rings (SSSR count). The van der Waals surface area contributed by atoms with Crippen LogP contribution in [-0.2, 0) is 6.54 Å². The van der Waals surface area contributed by atoms with Gasteiger partial charge in [-0.3, -0.25) is 4.90 Å². The van der Waals surface area contributed by atoms with Gasteiger partial charge >= 0.3 is 0 Å². The number of hydrogen-bond donors (Lipinski definition) is 0. The van der Waals surface area contributed by atoms with E-state index in [1.807, 2.05) is 37.4 Å². The molecule has 25 heavy (non-hydrogen) atoms. The van der Waals surface area contributed by atoms with Crippen molar-refractivity contribution < 1.29 is 9.15 Å². The highest BCUT2D eigenvalue weighted by atomic mass is 32.1. The monoisotopic (exact) mass is 355 g/mol. The van der Waals surface area contributed by atoms with E-state index in [1.165, 1.54) is 11.4 Å². The Hall–Kier alpha value is -2.18. The number of benzene rings is 1. The van der Waals surface area contributed by atoms with Gasteiger partial charge < -0.3 is 9.15 Å². The lowest BCUT2D eigenvalue weighted by molar-refractivity contribution is 0.244. The standard InChI is InChI=1S/C19H21N3O2S/c1-13-16(12-22-10-3-4-17(22)19-20-9-11-25-19)21-18(24-13)14-5-7-15(23-2)8-6-14/h5-9,11,17H,3-4,10,12H2,1-2H3/t17-/m0/s1. The Morgan fingerprint density at radius 2 is 2.16 bits per heavy atom. The van der Waals surface area contributed by atoms with E-state index >= 15 is 0 Å². The van der Waals surface area contributed by atoms with Gasteiger partial charge in [0.1, 0.15) is 16.5 Å². The largest absolute Gasteiger partial charge is 0.497 e. The summed E-state index contributed by atoms with van der Waals surface area (Å²) in [5, 5.41) is 3.25. The Labute approximate surface area is 151 Å². The van der Waals surface area contributed by atoms with Crippen molar-refractivity contribution in [3.63, 3.8) is 0 Å². The average Bonchev–Trinajstić information content (AvgIpc) is 3.37. The van der Waals surface area contributed by atoms with E-state index in [0.717, 1.165) is 42.3 Å². The Morgan fingerprint density at radius 1 is 1.32 bits per heavy atom. The molecule has 1 aromatic carbocycles. The van der Waals surface area contributed by atoms with Crippen LogP contribution in [0.25, 0.3) is 11.5 Å². The zero-order valence-corrected chi connectivity index (χ0v) is 15.3. The molecule has 2 aromatic heterocycles. The molecule has 1 atom stereocenters. The average molecular weight is 355 g/mol. The zero-order valence-electron chi connectivity index (χ0n) is 14.4. The smallest absolute Gasteiger partial charge is 0.226 e. The number of aromatic nitrogens is 2. The van der Waals surface area contributed by atoms with Gasteiger partial charge in [-0.15, -0.1) is 11.3 Å². The van der Waals surface area contributed by atoms with Crippen molar-refractivity contribution in [3.8, 4) is 17.2 Å². The minimum atomic E-state index is 0.403. The fourth-order valence-corrected chi connectivity index (χ4v) is 4.13. The molecule has 3 aromatic rings. The van der Waals surface area contributed by atoms with Gasteiger partial charge in [0.2, 0.25) is 5.89 Å². The minimum absolute atomic E-state index is 0.403. The number of likely N-dealkylation sites (tertiary alicyclic amines) is 1. The molecule has 6 heteroatoms. The maximum Gasteiger partial charge on any atom is 0.226 e. The summed E-state index contributed by atoms with van der Waals surface area (Å²) in [5.74, 6) is 2.38. The van der Waals surface area contributed by atoms with E-state index < -0.39 is 0 Å². The summed E-state index contributed by atoms with van der Waals surface area (Å²) in [6.45, 7) is 3.87. The maximum atomic E-state index is 5.92. The molecule has 0 saturated carbocycles. The van der Waals surface area contributed by atoms with E-state index in [0.29, 0.717) is 11.9 Å². The molecular weight excluding hydrogens is 334 g/mol. The molecule has 0 amide bonds. The van der Waals surface area contributed by atoms with Gasteiger partial charge in [0.25, 0.3) is 0 Å². The summed E-state index contributed by atoms with van der Waals surface area (Å²) in [6.07, 6.45) is 4.25. The number of rotatable bonds is 5. The third-order valence-electron chi connectivity index (χ3n) is 4.68. The third kappa shape index (κ3) is 3.32. The Balaban J connectivity index is 1.54. The van der Waals surface area contributed by atoms with Gasteiger partial charge in [-0.2, -0.15) is 0 Å². The van der Waals surface area contributed by atoms with Crippen LogP contribution in [0.15, 0.2) is 40.3 Å². The number of oxazole rings is 1. The highest BCUT2D eigenvalue weighted by Gasteiger charge is 2.29. The van der Waals surface area contributed by atoms with Crippen LogP contribution in [0.1, 0.15) is 35.3 Å². The summed E-state index contributed by atoms with van der Waals surface area (Å²) in [7, 11) is 1.66. The summed E-state index contributed by atoms with van der Waals surface area (Å²) >= 11 is 1.74. The van der Waals surface area contributed by atoms with Crippen LogP contribution in [0.3, 0.4) is 0 Å². The first-order chi connectivity index (χ1) is 12.2. The first-order valence-corrected chi connectivity index (χ1v) is 9.36. The lowest BCUT2D eigenvalue weighted by atomic mass is 10.2. The molecule has 0 N–H and O–H groups in total. The van der Waals surface area contributed by atoms with Crippen LogP contribution in [0.5, 0.6) is 5.75 Å². The van der Waals surface area contributed by atoms with Crippen LogP contribution in [0, 0.1) is 6.92 Å². The van der Waals surface area contributed by atoms with Gasteiger partial charge in [0.05, 0.1) is 18.8 Å². The van der Waals surface area contributed by atoms with Crippen LogP contribution in [-0.4, -0.2) is 28.5 Å². The van der Waals surface area contributed by atoms with Crippen molar-refractivity contribution >= 4 is 11.3 Å². The molecule has 0 spiro atoms. The van der Waals surface area contributed by atoms with Crippen molar-refractivity contribution in [1.82, 2.24) is 14.9 Å². The first-order valence-electron chi connectivity index (χ1n) is 8.49. The van der Waals surface area contributed by atoms with Crippen molar-refractivity contribution in [2.24, 2.45) is 0 Å². The Morgan fingerprint density at radius 3 is 2.88 bits per heavy atom. The number of methoxy groups -OCH3 is 1. The van der Waals surface area contributed by atoms with Crippen molar-refractivity contribution in [2.45, 2.75) is 32.4 Å². The Bertz CT molecular complexity index is 827. The van der Waals surface area contributed by atoms with E-state index in [1.54, 1.807) is 18.4 Å². The van der Waals surface area contributed by atoms with Crippen molar-refractivity contribution in [1.29, 1.82) is 0 Å². The second-order valence-electron chi connectivity index (χ2n) is 6.25. The van der Waals surface area contributed by atoms with Gasteiger partial charge in [-0.25, -0.2) is 9.97 Å². The normalized spacial score (nSPS) is 17.9. The molecule has 1 saturated heterocycles. The highest BCUT2D eigenvalue weighted by molar-refractivity contribution is 7.09.